The van der Waals surface area contributed by atoms with Crippen molar-refractivity contribution >= 4 is 27.3 Å². The monoisotopic (exact) mass is 364 g/mol. The number of amides is 1. The maximum Gasteiger partial charge on any atom is 0.239 e. The number of rotatable bonds is 4. The van der Waals surface area contributed by atoms with Gasteiger partial charge in [0.05, 0.1) is 6.04 Å². The van der Waals surface area contributed by atoms with E-state index in [9.17, 15) is 4.79 Å². The maximum atomic E-state index is 12.8. The van der Waals surface area contributed by atoms with Crippen molar-refractivity contribution in [3.63, 3.8) is 0 Å². The molecule has 134 valence electrons. The van der Waals surface area contributed by atoms with Crippen LogP contribution in [0.2, 0.25) is 0 Å². The van der Waals surface area contributed by atoms with Gasteiger partial charge in [0, 0.05) is 17.8 Å². The van der Waals surface area contributed by atoms with Gasteiger partial charge in [-0.05, 0) is 53.1 Å². The van der Waals surface area contributed by atoms with Gasteiger partial charge in [-0.3, -0.25) is 4.79 Å². The molecule has 1 saturated heterocycles. The third kappa shape index (κ3) is 3.53. The van der Waals surface area contributed by atoms with Gasteiger partial charge in [-0.25, -0.2) is 0 Å². The Bertz CT molecular complexity index is 881. The molecule has 1 aliphatic heterocycles. The molecule has 0 saturated carbocycles. The molecule has 1 fully saturated rings. The second kappa shape index (κ2) is 7.60. The number of carbonyl (C=O) groups excluding carboxylic acids is 1. The summed E-state index contributed by atoms with van der Waals surface area (Å²) in [5.41, 5.74) is 8.86. The molecule has 1 aliphatic rings. The van der Waals surface area contributed by atoms with Crippen molar-refractivity contribution < 1.29 is 4.79 Å². The van der Waals surface area contributed by atoms with Gasteiger partial charge in [-0.1, -0.05) is 48.5 Å². The summed E-state index contributed by atoms with van der Waals surface area (Å²) in [6.45, 7) is 1.60. The summed E-state index contributed by atoms with van der Waals surface area (Å²) in [6, 6.07) is 18.5. The molecule has 3 aromatic rings. The number of benzene rings is 2. The Morgan fingerprint density at radius 2 is 1.77 bits per heavy atom. The highest BCUT2D eigenvalue weighted by atomic mass is 32.1. The Balaban J connectivity index is 1.37. The van der Waals surface area contributed by atoms with E-state index in [1.54, 1.807) is 11.3 Å². The van der Waals surface area contributed by atoms with Crippen molar-refractivity contribution in [1.29, 1.82) is 0 Å². The highest BCUT2D eigenvalue weighted by Crippen LogP contribution is 2.29. The van der Waals surface area contributed by atoms with E-state index in [1.807, 2.05) is 17.0 Å². The molecule has 2 aromatic carbocycles. The molecule has 4 heteroatoms. The van der Waals surface area contributed by atoms with Crippen LogP contribution in [-0.2, 0) is 11.2 Å². The van der Waals surface area contributed by atoms with Crippen LogP contribution in [0.5, 0.6) is 0 Å². The first-order valence-electron chi connectivity index (χ1n) is 9.27. The molecular formula is C22H24N2OS. The third-order valence-electron chi connectivity index (χ3n) is 5.40. The minimum Gasteiger partial charge on any atom is -0.341 e. The zero-order valence-corrected chi connectivity index (χ0v) is 15.6. The second-order valence-electron chi connectivity index (χ2n) is 7.08. The molecule has 1 atom stereocenters. The second-order valence-corrected chi connectivity index (χ2v) is 7.99. The average molecular weight is 365 g/mol. The first-order chi connectivity index (χ1) is 12.7. The van der Waals surface area contributed by atoms with Crippen LogP contribution in [0, 0.1) is 0 Å². The average Bonchev–Trinajstić information content (AvgIpc) is 3.11. The van der Waals surface area contributed by atoms with Gasteiger partial charge in [-0.15, -0.1) is 11.3 Å². The van der Waals surface area contributed by atoms with Crippen molar-refractivity contribution in [2.45, 2.75) is 31.2 Å². The standard InChI is InChI=1S/C22H24N2OS/c23-20(14-18-15-26-21-9-5-4-8-19(18)21)22(25)24-12-10-17(11-13-24)16-6-2-1-3-7-16/h1-9,15,17,20H,10-14,23H2/t20-/m1/s1. The Hall–Kier alpha value is -2.17. The van der Waals surface area contributed by atoms with E-state index in [4.69, 9.17) is 5.73 Å². The molecule has 2 heterocycles. The fraction of sp³-hybridized carbons (Fsp3) is 0.318. The van der Waals surface area contributed by atoms with Crippen LogP contribution in [-0.4, -0.2) is 29.9 Å². The van der Waals surface area contributed by atoms with Crippen molar-refractivity contribution in [2.24, 2.45) is 5.73 Å². The lowest BCUT2D eigenvalue weighted by Crippen LogP contribution is -2.47. The zero-order valence-electron chi connectivity index (χ0n) is 14.8. The van der Waals surface area contributed by atoms with Gasteiger partial charge >= 0.3 is 0 Å². The van der Waals surface area contributed by atoms with Crippen LogP contribution in [0.1, 0.15) is 29.9 Å². The number of hydrogen-bond donors (Lipinski definition) is 1. The fourth-order valence-corrected chi connectivity index (χ4v) is 4.88. The normalized spacial score (nSPS) is 16.7. The summed E-state index contributed by atoms with van der Waals surface area (Å²) in [5, 5.41) is 3.36. The first-order valence-corrected chi connectivity index (χ1v) is 10.1. The highest BCUT2D eigenvalue weighted by Gasteiger charge is 2.27. The maximum absolute atomic E-state index is 12.8. The van der Waals surface area contributed by atoms with Gasteiger partial charge < -0.3 is 10.6 Å². The summed E-state index contributed by atoms with van der Waals surface area (Å²) < 4.78 is 1.26. The summed E-state index contributed by atoms with van der Waals surface area (Å²) in [5.74, 6) is 0.643. The van der Waals surface area contributed by atoms with Crippen LogP contribution in [0.3, 0.4) is 0 Å². The quantitative estimate of drug-likeness (QED) is 0.755. The Morgan fingerprint density at radius 3 is 2.54 bits per heavy atom. The van der Waals surface area contributed by atoms with Crippen LogP contribution in [0.15, 0.2) is 60.0 Å². The lowest BCUT2D eigenvalue weighted by Gasteiger charge is -2.33. The molecule has 0 spiro atoms. The van der Waals surface area contributed by atoms with E-state index in [0.29, 0.717) is 12.3 Å². The molecule has 26 heavy (non-hydrogen) atoms. The number of thiophene rings is 1. The van der Waals surface area contributed by atoms with Crippen LogP contribution < -0.4 is 5.73 Å². The molecule has 0 unspecified atom stereocenters. The van der Waals surface area contributed by atoms with E-state index >= 15 is 0 Å². The largest absolute Gasteiger partial charge is 0.341 e. The minimum atomic E-state index is -0.457. The van der Waals surface area contributed by atoms with E-state index < -0.39 is 6.04 Å². The predicted molar refractivity (Wildman–Crippen MR) is 109 cm³/mol. The van der Waals surface area contributed by atoms with Gasteiger partial charge in [0.1, 0.15) is 0 Å². The number of nitrogens with zero attached hydrogens (tertiary/aromatic N) is 1. The lowest BCUT2D eigenvalue weighted by atomic mass is 9.89. The third-order valence-corrected chi connectivity index (χ3v) is 6.41. The topological polar surface area (TPSA) is 46.3 Å². The van der Waals surface area contributed by atoms with E-state index in [-0.39, 0.29) is 5.91 Å². The van der Waals surface area contributed by atoms with E-state index in [2.05, 4.69) is 47.8 Å². The fourth-order valence-electron chi connectivity index (χ4n) is 3.91. The Morgan fingerprint density at radius 1 is 1.08 bits per heavy atom. The van der Waals surface area contributed by atoms with Gasteiger partial charge in [0.25, 0.3) is 0 Å². The van der Waals surface area contributed by atoms with Gasteiger partial charge in [0.2, 0.25) is 5.91 Å². The number of carbonyl (C=O) groups is 1. The summed E-state index contributed by atoms with van der Waals surface area (Å²) in [4.78, 5) is 14.8. The molecular weight excluding hydrogens is 340 g/mol. The molecule has 1 aromatic heterocycles. The van der Waals surface area contributed by atoms with Crippen LogP contribution >= 0.6 is 11.3 Å². The first kappa shape index (κ1) is 17.3. The molecule has 2 N–H and O–H groups in total. The number of fused-ring (bicyclic) bond motifs is 1. The van der Waals surface area contributed by atoms with Crippen LogP contribution in [0.25, 0.3) is 10.1 Å². The van der Waals surface area contributed by atoms with E-state index in [1.165, 1.54) is 21.2 Å². The number of hydrogen-bond acceptors (Lipinski definition) is 3. The van der Waals surface area contributed by atoms with Crippen molar-refractivity contribution in [2.75, 3.05) is 13.1 Å². The summed E-state index contributed by atoms with van der Waals surface area (Å²) in [6.07, 6.45) is 2.65. The smallest absolute Gasteiger partial charge is 0.239 e. The molecule has 0 bridgehead atoms. The molecule has 0 radical (unpaired) electrons. The van der Waals surface area contributed by atoms with Crippen molar-refractivity contribution in [1.82, 2.24) is 4.90 Å². The van der Waals surface area contributed by atoms with Crippen molar-refractivity contribution in [3.8, 4) is 0 Å². The number of nitrogens with two attached hydrogens (primary N) is 1. The van der Waals surface area contributed by atoms with Crippen LogP contribution in [0.4, 0.5) is 0 Å². The SMILES string of the molecule is N[C@H](Cc1csc2ccccc12)C(=O)N1CCC(c2ccccc2)CC1. The molecule has 3 nitrogen and oxygen atoms in total. The van der Waals surface area contributed by atoms with E-state index in [0.717, 1.165) is 25.9 Å². The summed E-state index contributed by atoms with van der Waals surface area (Å²) >= 11 is 1.72. The zero-order chi connectivity index (χ0) is 17.9. The number of piperidine rings is 1. The molecule has 0 aliphatic carbocycles. The Kier molecular flexibility index (Phi) is 5.05. The molecule has 4 rings (SSSR count). The lowest BCUT2D eigenvalue weighted by molar-refractivity contribution is -0.133. The van der Waals surface area contributed by atoms with Gasteiger partial charge in [-0.2, -0.15) is 0 Å². The van der Waals surface area contributed by atoms with Gasteiger partial charge in [0.15, 0.2) is 0 Å². The van der Waals surface area contributed by atoms with Crippen molar-refractivity contribution in [3.05, 3.63) is 71.1 Å². The minimum absolute atomic E-state index is 0.0896. The summed E-state index contributed by atoms with van der Waals surface area (Å²) in [7, 11) is 0. The number of likely N-dealkylation sites (tertiary alicyclic amines) is 1. The Labute approximate surface area is 158 Å². The predicted octanol–water partition coefficient (Wildman–Crippen LogP) is 4.18. The molecule has 1 amide bonds. The highest BCUT2D eigenvalue weighted by molar-refractivity contribution is 7.17.